The van der Waals surface area contributed by atoms with Crippen molar-refractivity contribution in [2.24, 2.45) is 17.6 Å². The first-order valence-electron chi connectivity index (χ1n) is 8.09. The summed E-state index contributed by atoms with van der Waals surface area (Å²) in [4.78, 5) is 0. The van der Waals surface area contributed by atoms with E-state index in [0.29, 0.717) is 11.8 Å². The van der Waals surface area contributed by atoms with Crippen LogP contribution in [-0.2, 0) is 6.42 Å². The van der Waals surface area contributed by atoms with Gasteiger partial charge >= 0.3 is 0 Å². The summed E-state index contributed by atoms with van der Waals surface area (Å²) in [5.74, 6) is 2.95. The monoisotopic (exact) mass is 289 g/mol. The Hall–Kier alpha value is -1.22. The summed E-state index contributed by atoms with van der Waals surface area (Å²) < 4.78 is 12.4. The molecular weight excluding hydrogens is 262 g/mol. The Morgan fingerprint density at radius 2 is 2.00 bits per heavy atom. The van der Waals surface area contributed by atoms with Gasteiger partial charge in [-0.3, -0.25) is 0 Å². The third-order valence-corrected chi connectivity index (χ3v) is 4.75. The molecule has 0 amide bonds. The maximum absolute atomic E-state index is 6.34. The summed E-state index contributed by atoms with van der Waals surface area (Å²) >= 11 is 0. The molecule has 1 heterocycles. The van der Waals surface area contributed by atoms with Crippen LogP contribution in [0.1, 0.15) is 46.1 Å². The van der Waals surface area contributed by atoms with E-state index in [1.54, 1.807) is 0 Å². The second kappa shape index (κ2) is 5.20. The van der Waals surface area contributed by atoms with Crippen molar-refractivity contribution < 1.29 is 9.47 Å². The lowest BCUT2D eigenvalue weighted by atomic mass is 9.78. The zero-order valence-corrected chi connectivity index (χ0v) is 13.6. The van der Waals surface area contributed by atoms with E-state index in [1.807, 2.05) is 6.07 Å². The molecule has 3 rings (SSSR count). The van der Waals surface area contributed by atoms with Crippen molar-refractivity contribution in [1.29, 1.82) is 0 Å². The molecule has 2 aliphatic rings. The highest BCUT2D eigenvalue weighted by atomic mass is 16.5. The topological polar surface area (TPSA) is 44.5 Å². The largest absolute Gasteiger partial charge is 0.485 e. The smallest absolute Gasteiger partial charge is 0.165 e. The van der Waals surface area contributed by atoms with Gasteiger partial charge in [-0.05, 0) is 44.6 Å². The van der Waals surface area contributed by atoms with Crippen LogP contribution >= 0.6 is 0 Å². The molecule has 0 aromatic heterocycles. The molecule has 1 aromatic rings. The Kier molecular flexibility index (Phi) is 3.64. The highest BCUT2D eigenvalue weighted by molar-refractivity contribution is 5.50. The van der Waals surface area contributed by atoms with Gasteiger partial charge in [0.25, 0.3) is 0 Å². The fourth-order valence-corrected chi connectivity index (χ4v) is 3.92. The van der Waals surface area contributed by atoms with Gasteiger partial charge in [-0.2, -0.15) is 0 Å². The highest BCUT2D eigenvalue weighted by Gasteiger charge is 2.36. The van der Waals surface area contributed by atoms with E-state index in [-0.39, 0.29) is 17.7 Å². The molecule has 4 atom stereocenters. The molecule has 116 valence electrons. The number of nitrogens with two attached hydrogens (primary N) is 1. The van der Waals surface area contributed by atoms with Crippen molar-refractivity contribution in [2.75, 3.05) is 0 Å². The lowest BCUT2D eigenvalue weighted by Gasteiger charge is -2.37. The molecule has 0 spiro atoms. The van der Waals surface area contributed by atoms with Crippen LogP contribution in [0.4, 0.5) is 0 Å². The van der Waals surface area contributed by atoms with Gasteiger partial charge in [-0.15, -0.1) is 0 Å². The molecule has 21 heavy (non-hydrogen) atoms. The summed E-state index contributed by atoms with van der Waals surface area (Å²) in [5.41, 5.74) is 7.44. The molecule has 3 heteroatoms. The quantitative estimate of drug-likeness (QED) is 0.905. The Morgan fingerprint density at radius 1 is 1.24 bits per heavy atom. The van der Waals surface area contributed by atoms with E-state index < -0.39 is 0 Å². The lowest BCUT2D eigenvalue weighted by molar-refractivity contribution is 0.0558. The van der Waals surface area contributed by atoms with Crippen LogP contribution in [-0.4, -0.2) is 17.7 Å². The molecule has 1 saturated carbocycles. The minimum Gasteiger partial charge on any atom is -0.485 e. The van der Waals surface area contributed by atoms with E-state index in [0.717, 1.165) is 24.3 Å². The van der Waals surface area contributed by atoms with E-state index in [4.69, 9.17) is 15.2 Å². The number of fused-ring (bicyclic) bond motifs is 1. The van der Waals surface area contributed by atoms with Gasteiger partial charge < -0.3 is 15.2 Å². The predicted octanol–water partition coefficient (Wildman–Crippen LogP) is 3.54. The number of ether oxygens (including phenoxy) is 2. The van der Waals surface area contributed by atoms with Crippen molar-refractivity contribution in [3.05, 3.63) is 23.8 Å². The van der Waals surface area contributed by atoms with Crippen LogP contribution in [0.15, 0.2) is 18.2 Å². The summed E-state index contributed by atoms with van der Waals surface area (Å²) in [5, 5.41) is 0. The molecule has 0 saturated heterocycles. The molecule has 2 N–H and O–H groups in total. The molecule has 1 aliphatic carbocycles. The first-order chi connectivity index (χ1) is 9.85. The summed E-state index contributed by atoms with van der Waals surface area (Å²) in [7, 11) is 0. The number of benzene rings is 1. The van der Waals surface area contributed by atoms with E-state index >= 15 is 0 Å². The molecular formula is C18H27NO2. The minimum absolute atomic E-state index is 0.0833. The molecule has 0 bridgehead atoms. The molecule has 4 unspecified atom stereocenters. The Morgan fingerprint density at radius 3 is 2.71 bits per heavy atom. The average Bonchev–Trinajstić information content (AvgIpc) is 2.68. The Bertz CT molecular complexity index is 514. The van der Waals surface area contributed by atoms with Crippen molar-refractivity contribution in [3.8, 4) is 11.5 Å². The van der Waals surface area contributed by atoms with Crippen LogP contribution < -0.4 is 15.2 Å². The first-order valence-corrected chi connectivity index (χ1v) is 8.09. The zero-order chi connectivity index (χ0) is 15.2. The molecule has 0 radical (unpaired) electrons. The highest BCUT2D eigenvalue weighted by Crippen LogP contribution is 2.43. The maximum Gasteiger partial charge on any atom is 0.165 e. The molecule has 1 aromatic carbocycles. The summed E-state index contributed by atoms with van der Waals surface area (Å²) in [6.07, 6.45) is 3.24. The fourth-order valence-electron chi connectivity index (χ4n) is 3.92. The predicted molar refractivity (Wildman–Crippen MR) is 84.8 cm³/mol. The number of hydrogen-bond donors (Lipinski definition) is 1. The second-order valence-electron chi connectivity index (χ2n) is 7.58. The van der Waals surface area contributed by atoms with Crippen LogP contribution in [0.2, 0.25) is 0 Å². The van der Waals surface area contributed by atoms with Crippen LogP contribution in [0, 0.1) is 11.8 Å². The number of para-hydroxylation sites is 1. The number of rotatable bonds is 2. The average molecular weight is 289 g/mol. The van der Waals surface area contributed by atoms with Gasteiger partial charge in [0, 0.05) is 18.0 Å². The van der Waals surface area contributed by atoms with E-state index in [2.05, 4.69) is 39.8 Å². The lowest BCUT2D eigenvalue weighted by Crippen LogP contribution is -2.48. The normalized spacial score (nSPS) is 34.1. The third-order valence-electron chi connectivity index (χ3n) is 4.75. The summed E-state index contributed by atoms with van der Waals surface area (Å²) in [6, 6.07) is 6.30. The van der Waals surface area contributed by atoms with Crippen LogP contribution in [0.5, 0.6) is 11.5 Å². The SMILES string of the molecule is CC1CC(C)C(Oc2cccc3c2OC(C)(C)C3)C(N)C1. The second-order valence-corrected chi connectivity index (χ2v) is 7.58. The van der Waals surface area contributed by atoms with Crippen molar-refractivity contribution in [1.82, 2.24) is 0 Å². The van der Waals surface area contributed by atoms with Crippen LogP contribution in [0.25, 0.3) is 0 Å². The first kappa shape index (κ1) is 14.7. The van der Waals surface area contributed by atoms with Gasteiger partial charge in [-0.1, -0.05) is 26.0 Å². The number of hydrogen-bond acceptors (Lipinski definition) is 3. The zero-order valence-electron chi connectivity index (χ0n) is 13.6. The van der Waals surface area contributed by atoms with Gasteiger partial charge in [0.2, 0.25) is 0 Å². The third kappa shape index (κ3) is 2.89. The maximum atomic E-state index is 6.34. The Balaban J connectivity index is 1.82. The molecule has 3 nitrogen and oxygen atoms in total. The van der Waals surface area contributed by atoms with Gasteiger partial charge in [-0.25, -0.2) is 0 Å². The molecule has 1 fully saturated rings. The van der Waals surface area contributed by atoms with E-state index in [1.165, 1.54) is 12.0 Å². The Labute approximate surface area is 127 Å². The van der Waals surface area contributed by atoms with Gasteiger partial charge in [0.05, 0.1) is 0 Å². The van der Waals surface area contributed by atoms with Crippen molar-refractivity contribution >= 4 is 0 Å². The van der Waals surface area contributed by atoms with Crippen molar-refractivity contribution in [3.63, 3.8) is 0 Å². The van der Waals surface area contributed by atoms with Crippen molar-refractivity contribution in [2.45, 2.75) is 64.7 Å². The standard InChI is InChI=1S/C18H27NO2/c1-11-8-12(2)16(14(19)9-11)20-15-7-5-6-13-10-18(3,4)21-17(13)15/h5-7,11-12,14,16H,8-10,19H2,1-4H3. The molecule has 1 aliphatic heterocycles. The summed E-state index contributed by atoms with van der Waals surface area (Å²) in [6.45, 7) is 8.76. The van der Waals surface area contributed by atoms with Gasteiger partial charge in [0.15, 0.2) is 11.5 Å². The van der Waals surface area contributed by atoms with Gasteiger partial charge in [0.1, 0.15) is 11.7 Å². The fraction of sp³-hybridized carbons (Fsp3) is 0.667. The van der Waals surface area contributed by atoms with E-state index in [9.17, 15) is 0 Å². The van der Waals surface area contributed by atoms with Crippen LogP contribution in [0.3, 0.4) is 0 Å². The minimum atomic E-state index is -0.142.